The van der Waals surface area contributed by atoms with E-state index in [1.54, 1.807) is 0 Å². The van der Waals surface area contributed by atoms with Gasteiger partial charge in [-0.05, 0) is 67.8 Å². The molecule has 1 N–H and O–H groups in total. The molecular weight excluding hydrogens is 270 g/mol. The van der Waals surface area contributed by atoms with Crippen LogP contribution in [0.1, 0.15) is 52.0 Å². The number of aromatic nitrogens is 1. The summed E-state index contributed by atoms with van der Waals surface area (Å²) in [4.78, 5) is 6.68. The lowest BCUT2D eigenvalue weighted by Crippen LogP contribution is -2.46. The zero-order valence-electron chi connectivity index (χ0n) is 14.4. The van der Waals surface area contributed by atoms with E-state index in [0.717, 1.165) is 24.5 Å². The van der Waals surface area contributed by atoms with Crippen molar-refractivity contribution < 1.29 is 0 Å². The monoisotopic (exact) mass is 301 g/mol. The van der Waals surface area contributed by atoms with Crippen LogP contribution in [0.4, 0.5) is 0 Å². The molecule has 1 saturated heterocycles. The number of piperidine rings is 1. The summed E-state index contributed by atoms with van der Waals surface area (Å²) in [6.45, 7) is 10.8. The molecule has 0 aromatic carbocycles. The predicted octanol–water partition coefficient (Wildman–Crippen LogP) is 3.46. The van der Waals surface area contributed by atoms with E-state index in [1.165, 1.54) is 44.3 Å². The van der Waals surface area contributed by atoms with Gasteiger partial charge >= 0.3 is 0 Å². The summed E-state index contributed by atoms with van der Waals surface area (Å²) in [5.41, 5.74) is 1.91. The van der Waals surface area contributed by atoms with Crippen LogP contribution in [0.3, 0.4) is 0 Å². The number of pyridine rings is 1. The Hall–Kier alpha value is -0.930. The van der Waals surface area contributed by atoms with Crippen LogP contribution in [0.15, 0.2) is 24.5 Å². The van der Waals surface area contributed by atoms with Crippen molar-refractivity contribution in [3.8, 4) is 0 Å². The number of hydrogen-bond donors (Lipinski definition) is 1. The molecule has 1 saturated carbocycles. The van der Waals surface area contributed by atoms with Gasteiger partial charge in [-0.2, -0.15) is 0 Å². The molecule has 0 amide bonds. The number of likely N-dealkylation sites (tertiary alicyclic amines) is 1. The van der Waals surface area contributed by atoms with E-state index in [-0.39, 0.29) is 0 Å². The van der Waals surface area contributed by atoms with Crippen molar-refractivity contribution in [3.63, 3.8) is 0 Å². The fraction of sp³-hybridized carbons (Fsp3) is 0.737. The highest BCUT2D eigenvalue weighted by molar-refractivity contribution is 5.09. The van der Waals surface area contributed by atoms with Gasteiger partial charge in [-0.3, -0.25) is 9.88 Å². The zero-order chi connectivity index (χ0) is 15.6. The molecule has 2 heterocycles. The molecule has 1 aromatic rings. The lowest BCUT2D eigenvalue weighted by molar-refractivity contribution is 0.179. The summed E-state index contributed by atoms with van der Waals surface area (Å²) >= 11 is 0. The molecule has 3 nitrogen and oxygen atoms in total. The molecule has 1 aromatic heterocycles. The van der Waals surface area contributed by atoms with Crippen molar-refractivity contribution >= 4 is 0 Å². The van der Waals surface area contributed by atoms with Crippen molar-refractivity contribution in [3.05, 3.63) is 30.1 Å². The molecule has 0 unspecified atom stereocenters. The van der Waals surface area contributed by atoms with Gasteiger partial charge in [-0.1, -0.05) is 20.8 Å². The summed E-state index contributed by atoms with van der Waals surface area (Å²) in [6, 6.07) is 5.71. The maximum Gasteiger partial charge on any atom is 0.0271 e. The Balaban J connectivity index is 1.44. The smallest absolute Gasteiger partial charge is 0.0271 e. The van der Waals surface area contributed by atoms with E-state index in [9.17, 15) is 0 Å². The van der Waals surface area contributed by atoms with Gasteiger partial charge < -0.3 is 5.32 Å². The normalized spacial score (nSPS) is 29.8. The van der Waals surface area contributed by atoms with E-state index >= 15 is 0 Å². The van der Waals surface area contributed by atoms with Crippen LogP contribution in [-0.4, -0.2) is 35.1 Å². The predicted molar refractivity (Wildman–Crippen MR) is 91.6 cm³/mol. The van der Waals surface area contributed by atoms with Crippen LogP contribution in [0.5, 0.6) is 0 Å². The Morgan fingerprint density at radius 2 is 1.86 bits per heavy atom. The standard InChI is InChI=1S/C19H31N3/c1-15-12-19(2,3)13-18(15)21-17-6-10-22(11-7-17)14-16-4-8-20-9-5-16/h4-5,8-9,15,17-18,21H,6-7,10-14H2,1-3H3/t15-,18-/m0/s1. The van der Waals surface area contributed by atoms with Gasteiger partial charge in [-0.25, -0.2) is 0 Å². The SMILES string of the molecule is C[C@H]1CC(C)(C)C[C@@H]1NC1CCN(Cc2ccncc2)CC1. The summed E-state index contributed by atoms with van der Waals surface area (Å²) in [5.74, 6) is 0.824. The third-order valence-electron chi connectivity index (χ3n) is 5.53. The number of nitrogens with zero attached hydrogens (tertiary/aromatic N) is 2. The average molecular weight is 301 g/mol. The van der Waals surface area contributed by atoms with E-state index in [0.29, 0.717) is 5.41 Å². The molecule has 122 valence electrons. The Labute approximate surface area is 135 Å². The van der Waals surface area contributed by atoms with Crippen molar-refractivity contribution in [1.82, 2.24) is 15.2 Å². The van der Waals surface area contributed by atoms with Crippen LogP contribution in [0.25, 0.3) is 0 Å². The molecule has 2 atom stereocenters. The summed E-state index contributed by atoms with van der Waals surface area (Å²) < 4.78 is 0. The van der Waals surface area contributed by atoms with Crippen LogP contribution in [-0.2, 0) is 6.54 Å². The van der Waals surface area contributed by atoms with Gasteiger partial charge in [0.2, 0.25) is 0 Å². The van der Waals surface area contributed by atoms with E-state index in [2.05, 4.69) is 48.1 Å². The first kappa shape index (κ1) is 15.9. The van der Waals surface area contributed by atoms with Crippen LogP contribution < -0.4 is 5.32 Å². The first-order valence-corrected chi connectivity index (χ1v) is 8.89. The first-order chi connectivity index (χ1) is 10.5. The molecule has 0 bridgehead atoms. The van der Waals surface area contributed by atoms with Gasteiger partial charge in [0.25, 0.3) is 0 Å². The van der Waals surface area contributed by atoms with E-state index < -0.39 is 0 Å². The minimum atomic E-state index is 0.527. The zero-order valence-corrected chi connectivity index (χ0v) is 14.4. The molecule has 3 heteroatoms. The Bertz CT molecular complexity index is 463. The molecule has 2 aliphatic rings. The molecule has 1 aliphatic heterocycles. The van der Waals surface area contributed by atoms with Gasteiger partial charge in [0.15, 0.2) is 0 Å². The fourth-order valence-electron chi connectivity index (χ4n) is 4.42. The average Bonchev–Trinajstić information content (AvgIpc) is 2.74. The minimum absolute atomic E-state index is 0.527. The Kier molecular flexibility index (Phi) is 4.84. The highest BCUT2D eigenvalue weighted by atomic mass is 15.1. The van der Waals surface area contributed by atoms with Crippen LogP contribution >= 0.6 is 0 Å². The quantitative estimate of drug-likeness (QED) is 0.923. The second-order valence-corrected chi connectivity index (χ2v) is 8.23. The van der Waals surface area contributed by atoms with Gasteiger partial charge in [-0.15, -0.1) is 0 Å². The molecule has 22 heavy (non-hydrogen) atoms. The molecule has 0 spiro atoms. The summed E-state index contributed by atoms with van der Waals surface area (Å²) in [7, 11) is 0. The number of hydrogen-bond acceptors (Lipinski definition) is 3. The Morgan fingerprint density at radius 3 is 2.45 bits per heavy atom. The summed E-state index contributed by atoms with van der Waals surface area (Å²) in [5, 5.41) is 3.97. The second kappa shape index (κ2) is 6.67. The molecular formula is C19H31N3. The second-order valence-electron chi connectivity index (χ2n) is 8.23. The van der Waals surface area contributed by atoms with Crippen molar-refractivity contribution in [2.45, 2.75) is 65.1 Å². The fourth-order valence-corrected chi connectivity index (χ4v) is 4.42. The van der Waals surface area contributed by atoms with Gasteiger partial charge in [0.1, 0.15) is 0 Å². The maximum atomic E-state index is 4.10. The number of nitrogens with one attached hydrogen (secondary N) is 1. The molecule has 1 aliphatic carbocycles. The maximum absolute atomic E-state index is 4.10. The summed E-state index contributed by atoms with van der Waals surface area (Å²) in [6.07, 6.45) is 9.07. The molecule has 3 rings (SSSR count). The first-order valence-electron chi connectivity index (χ1n) is 8.89. The van der Waals surface area contributed by atoms with Crippen molar-refractivity contribution in [1.29, 1.82) is 0 Å². The molecule has 0 radical (unpaired) electrons. The lowest BCUT2D eigenvalue weighted by Gasteiger charge is -2.35. The van der Waals surface area contributed by atoms with E-state index in [4.69, 9.17) is 0 Å². The van der Waals surface area contributed by atoms with Gasteiger partial charge in [0, 0.05) is 31.0 Å². The van der Waals surface area contributed by atoms with Crippen LogP contribution in [0, 0.1) is 11.3 Å². The highest BCUT2D eigenvalue weighted by Crippen LogP contribution is 2.41. The molecule has 2 fully saturated rings. The third-order valence-corrected chi connectivity index (χ3v) is 5.53. The van der Waals surface area contributed by atoms with Crippen LogP contribution in [0.2, 0.25) is 0 Å². The minimum Gasteiger partial charge on any atom is -0.311 e. The number of rotatable bonds is 4. The lowest BCUT2D eigenvalue weighted by atomic mass is 9.91. The van der Waals surface area contributed by atoms with Crippen molar-refractivity contribution in [2.24, 2.45) is 11.3 Å². The Morgan fingerprint density at radius 1 is 1.18 bits per heavy atom. The van der Waals surface area contributed by atoms with Gasteiger partial charge in [0.05, 0.1) is 0 Å². The third kappa shape index (κ3) is 4.08. The van der Waals surface area contributed by atoms with Crippen molar-refractivity contribution in [2.75, 3.05) is 13.1 Å². The topological polar surface area (TPSA) is 28.2 Å². The van der Waals surface area contributed by atoms with E-state index in [1.807, 2.05) is 12.4 Å². The highest BCUT2D eigenvalue weighted by Gasteiger charge is 2.37. The largest absolute Gasteiger partial charge is 0.311 e.